The lowest BCUT2D eigenvalue weighted by Crippen LogP contribution is -2.04. The van der Waals surface area contributed by atoms with Gasteiger partial charge in [0.2, 0.25) is 6.10 Å². The van der Waals surface area contributed by atoms with Crippen LogP contribution in [0.15, 0.2) is 53.3 Å². The number of ether oxygens (including phenoxy) is 1. The zero-order valence-electron chi connectivity index (χ0n) is 8.88. The minimum atomic E-state index is -0.618. The number of rotatable bonds is 3. The molecule has 17 heavy (non-hydrogen) atoms. The minimum Gasteiger partial charge on any atom is -0.469 e. The smallest absolute Gasteiger partial charge is 0.209 e. The van der Waals surface area contributed by atoms with E-state index in [9.17, 15) is 0 Å². The molecule has 0 N–H and O–H groups in total. The molecule has 1 heterocycles. The van der Waals surface area contributed by atoms with Gasteiger partial charge in [-0.3, -0.25) is 4.98 Å². The lowest BCUT2D eigenvalue weighted by Gasteiger charge is -2.12. The molecule has 3 nitrogen and oxygen atoms in total. The Labute approximate surface area is 108 Å². The van der Waals surface area contributed by atoms with Crippen LogP contribution in [0.1, 0.15) is 11.7 Å². The second kappa shape index (κ2) is 5.46. The molecule has 1 aromatic heterocycles. The number of aromatic nitrogens is 1. The Morgan fingerprint density at radius 3 is 2.65 bits per heavy atom. The van der Waals surface area contributed by atoms with E-state index in [2.05, 4.69) is 27.0 Å². The molecule has 0 aliphatic rings. The average Bonchev–Trinajstić information content (AvgIpc) is 2.37. The fourth-order valence-electron chi connectivity index (χ4n) is 1.39. The van der Waals surface area contributed by atoms with Crippen molar-refractivity contribution in [1.82, 2.24) is 4.98 Å². The van der Waals surface area contributed by atoms with Crippen molar-refractivity contribution in [3.8, 4) is 11.8 Å². The molecule has 0 spiro atoms. The standard InChI is InChI=1S/C13H9BrN2O/c14-11-6-12(9-16-8-11)17-13(7-15)10-4-2-1-3-5-10/h1-6,8-9,13H. The van der Waals surface area contributed by atoms with Gasteiger partial charge in [0.25, 0.3) is 0 Å². The fraction of sp³-hybridized carbons (Fsp3) is 0.0769. The first-order valence-corrected chi connectivity index (χ1v) is 5.80. The summed E-state index contributed by atoms with van der Waals surface area (Å²) in [5, 5.41) is 9.10. The van der Waals surface area contributed by atoms with Crippen LogP contribution >= 0.6 is 15.9 Å². The van der Waals surface area contributed by atoms with Gasteiger partial charge in [-0.2, -0.15) is 5.26 Å². The van der Waals surface area contributed by atoms with Crippen LogP contribution in [0, 0.1) is 11.3 Å². The Morgan fingerprint density at radius 1 is 1.24 bits per heavy atom. The molecule has 1 aromatic carbocycles. The van der Waals surface area contributed by atoms with Crippen molar-refractivity contribution in [3.63, 3.8) is 0 Å². The van der Waals surface area contributed by atoms with E-state index in [1.54, 1.807) is 18.5 Å². The van der Waals surface area contributed by atoms with Gasteiger partial charge in [-0.1, -0.05) is 30.3 Å². The molecule has 0 amide bonds. The summed E-state index contributed by atoms with van der Waals surface area (Å²) in [5.74, 6) is 0.565. The first-order chi connectivity index (χ1) is 8.29. The van der Waals surface area contributed by atoms with Crippen LogP contribution in [0.2, 0.25) is 0 Å². The highest BCUT2D eigenvalue weighted by Gasteiger charge is 2.11. The molecule has 0 saturated carbocycles. The predicted octanol–water partition coefficient (Wildman–Crippen LogP) is 3.49. The maximum absolute atomic E-state index is 9.10. The molecule has 0 aliphatic carbocycles. The zero-order chi connectivity index (χ0) is 12.1. The van der Waals surface area contributed by atoms with Crippen molar-refractivity contribution < 1.29 is 4.74 Å². The summed E-state index contributed by atoms with van der Waals surface area (Å²) in [6.07, 6.45) is 2.63. The maximum atomic E-state index is 9.10. The molecule has 2 aromatic rings. The molecule has 0 aliphatic heterocycles. The minimum absolute atomic E-state index is 0.565. The maximum Gasteiger partial charge on any atom is 0.209 e. The van der Waals surface area contributed by atoms with Gasteiger partial charge in [-0.25, -0.2) is 0 Å². The lowest BCUT2D eigenvalue weighted by atomic mass is 10.1. The lowest BCUT2D eigenvalue weighted by molar-refractivity contribution is 0.261. The summed E-state index contributed by atoms with van der Waals surface area (Å²) >= 11 is 3.30. The summed E-state index contributed by atoms with van der Waals surface area (Å²) in [7, 11) is 0. The highest BCUT2D eigenvalue weighted by Crippen LogP contribution is 2.23. The third-order valence-corrected chi connectivity index (χ3v) is 2.59. The van der Waals surface area contributed by atoms with Crippen LogP contribution in [0.4, 0.5) is 0 Å². The number of benzene rings is 1. The largest absolute Gasteiger partial charge is 0.469 e. The van der Waals surface area contributed by atoms with Crippen molar-refractivity contribution in [2.24, 2.45) is 0 Å². The van der Waals surface area contributed by atoms with Crippen LogP contribution in [0.3, 0.4) is 0 Å². The van der Waals surface area contributed by atoms with Crippen molar-refractivity contribution in [3.05, 3.63) is 58.8 Å². The van der Waals surface area contributed by atoms with Crippen LogP contribution in [-0.2, 0) is 0 Å². The average molecular weight is 289 g/mol. The number of hydrogen-bond donors (Lipinski definition) is 0. The number of nitriles is 1. The van der Waals surface area contributed by atoms with E-state index >= 15 is 0 Å². The zero-order valence-corrected chi connectivity index (χ0v) is 10.5. The van der Waals surface area contributed by atoms with Crippen molar-refractivity contribution >= 4 is 15.9 Å². The summed E-state index contributed by atoms with van der Waals surface area (Å²) in [4.78, 5) is 3.98. The van der Waals surface area contributed by atoms with Crippen LogP contribution < -0.4 is 4.74 Å². The summed E-state index contributed by atoms with van der Waals surface area (Å²) in [5.41, 5.74) is 0.829. The SMILES string of the molecule is N#CC(Oc1cncc(Br)c1)c1ccccc1. The topological polar surface area (TPSA) is 45.9 Å². The van der Waals surface area contributed by atoms with Gasteiger partial charge in [0, 0.05) is 16.2 Å². The third kappa shape index (κ3) is 3.05. The summed E-state index contributed by atoms with van der Waals surface area (Å²) < 4.78 is 6.40. The number of hydrogen-bond acceptors (Lipinski definition) is 3. The Bertz CT molecular complexity index is 537. The number of pyridine rings is 1. The van der Waals surface area contributed by atoms with Crippen molar-refractivity contribution in [2.45, 2.75) is 6.10 Å². The molecule has 4 heteroatoms. The van der Waals surface area contributed by atoms with Crippen molar-refractivity contribution in [1.29, 1.82) is 5.26 Å². The van der Waals surface area contributed by atoms with E-state index in [1.807, 2.05) is 30.3 Å². The second-order valence-electron chi connectivity index (χ2n) is 3.38. The Kier molecular flexibility index (Phi) is 3.73. The summed E-state index contributed by atoms with van der Waals surface area (Å²) in [6.45, 7) is 0. The van der Waals surface area contributed by atoms with Gasteiger partial charge < -0.3 is 4.74 Å². The van der Waals surface area contributed by atoms with E-state index in [1.165, 1.54) is 0 Å². The van der Waals surface area contributed by atoms with E-state index in [0.29, 0.717) is 5.75 Å². The van der Waals surface area contributed by atoms with Gasteiger partial charge in [-0.15, -0.1) is 0 Å². The quantitative estimate of drug-likeness (QED) is 0.869. The van der Waals surface area contributed by atoms with Crippen LogP contribution in [-0.4, -0.2) is 4.98 Å². The first kappa shape index (κ1) is 11.6. The Balaban J connectivity index is 2.20. The third-order valence-electron chi connectivity index (χ3n) is 2.15. The monoisotopic (exact) mass is 288 g/mol. The van der Waals surface area contributed by atoms with Crippen LogP contribution in [0.5, 0.6) is 5.75 Å². The normalized spacial score (nSPS) is 11.5. The fourth-order valence-corrected chi connectivity index (χ4v) is 1.73. The van der Waals surface area contributed by atoms with E-state index in [-0.39, 0.29) is 0 Å². The highest BCUT2D eigenvalue weighted by molar-refractivity contribution is 9.10. The van der Waals surface area contributed by atoms with E-state index < -0.39 is 6.10 Å². The van der Waals surface area contributed by atoms with Crippen LogP contribution in [0.25, 0.3) is 0 Å². The molecule has 84 valence electrons. The van der Waals surface area contributed by atoms with Crippen molar-refractivity contribution in [2.75, 3.05) is 0 Å². The number of nitrogens with zero attached hydrogens (tertiary/aromatic N) is 2. The number of halogens is 1. The van der Waals surface area contributed by atoms with Gasteiger partial charge in [0.15, 0.2) is 0 Å². The predicted molar refractivity (Wildman–Crippen MR) is 67.4 cm³/mol. The highest BCUT2D eigenvalue weighted by atomic mass is 79.9. The second-order valence-corrected chi connectivity index (χ2v) is 4.29. The first-order valence-electron chi connectivity index (χ1n) is 5.01. The molecule has 0 radical (unpaired) electrons. The summed E-state index contributed by atoms with van der Waals surface area (Å²) in [6, 6.07) is 13.3. The molecule has 0 saturated heterocycles. The van der Waals surface area contributed by atoms with E-state index in [0.717, 1.165) is 10.0 Å². The molecular formula is C13H9BrN2O. The molecule has 2 rings (SSSR count). The molecule has 0 bridgehead atoms. The molecule has 1 unspecified atom stereocenters. The molecule has 1 atom stereocenters. The van der Waals surface area contributed by atoms with Gasteiger partial charge in [0.1, 0.15) is 11.8 Å². The molecule has 0 fully saturated rings. The van der Waals surface area contributed by atoms with Gasteiger partial charge in [0.05, 0.1) is 6.20 Å². The molecular weight excluding hydrogens is 280 g/mol. The van der Waals surface area contributed by atoms with Gasteiger partial charge >= 0.3 is 0 Å². The van der Waals surface area contributed by atoms with Gasteiger partial charge in [-0.05, 0) is 22.0 Å². The Morgan fingerprint density at radius 2 is 2.00 bits per heavy atom. The Hall–Kier alpha value is -1.86. The van der Waals surface area contributed by atoms with E-state index in [4.69, 9.17) is 10.00 Å².